The van der Waals surface area contributed by atoms with Gasteiger partial charge in [-0.15, -0.1) is 10.2 Å². The highest BCUT2D eigenvalue weighted by atomic mass is 16.4. The lowest BCUT2D eigenvalue weighted by atomic mass is 10.4. The van der Waals surface area contributed by atoms with E-state index >= 15 is 0 Å². The third-order valence-electron chi connectivity index (χ3n) is 2.16. The molecule has 2 rings (SSSR count). The van der Waals surface area contributed by atoms with Crippen molar-refractivity contribution in [3.63, 3.8) is 0 Å². The molecule has 0 aliphatic rings. The Kier molecular flexibility index (Phi) is 3.32. The smallest absolute Gasteiger partial charge is 0.323 e. The number of aromatic amines is 1. The first-order chi connectivity index (χ1) is 8.66. The topological polar surface area (TPSA) is 126 Å². The average molecular weight is 250 g/mol. The van der Waals surface area contributed by atoms with Crippen LogP contribution in [0.2, 0.25) is 0 Å². The number of hydrogen-bond donors (Lipinski definition) is 3. The minimum atomic E-state index is -1.02. The third kappa shape index (κ3) is 2.70. The van der Waals surface area contributed by atoms with Crippen LogP contribution in [-0.2, 0) is 17.9 Å². The zero-order chi connectivity index (χ0) is 13.0. The van der Waals surface area contributed by atoms with Gasteiger partial charge in [-0.25, -0.2) is 0 Å². The molecule has 0 radical (unpaired) electrons. The Hall–Kier alpha value is -2.71. The summed E-state index contributed by atoms with van der Waals surface area (Å²) in [5, 5.41) is 24.2. The fourth-order valence-electron chi connectivity index (χ4n) is 1.41. The van der Waals surface area contributed by atoms with Gasteiger partial charge in [0.1, 0.15) is 12.2 Å². The van der Waals surface area contributed by atoms with E-state index in [1.165, 1.54) is 16.8 Å². The largest absolute Gasteiger partial charge is 0.480 e. The Morgan fingerprint density at radius 3 is 3.00 bits per heavy atom. The molecule has 0 aliphatic heterocycles. The maximum absolute atomic E-state index is 11.8. The summed E-state index contributed by atoms with van der Waals surface area (Å²) >= 11 is 0. The van der Waals surface area contributed by atoms with E-state index in [-0.39, 0.29) is 18.8 Å². The second kappa shape index (κ2) is 5.08. The lowest BCUT2D eigenvalue weighted by Crippen LogP contribution is -2.26. The number of nitrogens with one attached hydrogen (secondary N) is 2. The minimum Gasteiger partial charge on any atom is -0.480 e. The first kappa shape index (κ1) is 11.8. The molecular formula is C9H10N6O3. The molecule has 3 N–H and O–H groups in total. The summed E-state index contributed by atoms with van der Waals surface area (Å²) in [4.78, 5) is 22.4. The van der Waals surface area contributed by atoms with Gasteiger partial charge in [0.2, 0.25) is 0 Å². The molecule has 2 heterocycles. The summed E-state index contributed by atoms with van der Waals surface area (Å²) in [5.74, 6) is -1.07. The Balaban J connectivity index is 2.00. The summed E-state index contributed by atoms with van der Waals surface area (Å²) in [6, 6.07) is 3.14. The van der Waals surface area contributed by atoms with Crippen LogP contribution in [0.5, 0.6) is 0 Å². The molecular weight excluding hydrogens is 240 g/mol. The van der Waals surface area contributed by atoms with E-state index in [4.69, 9.17) is 5.11 Å². The van der Waals surface area contributed by atoms with Crippen molar-refractivity contribution >= 4 is 11.9 Å². The predicted molar refractivity (Wildman–Crippen MR) is 57.4 cm³/mol. The maximum atomic E-state index is 11.8. The molecule has 9 nitrogen and oxygen atoms in total. The highest BCUT2D eigenvalue weighted by Gasteiger charge is 2.12. The molecule has 94 valence electrons. The van der Waals surface area contributed by atoms with Gasteiger partial charge in [-0.3, -0.25) is 9.59 Å². The normalized spacial score (nSPS) is 10.2. The zero-order valence-corrected chi connectivity index (χ0v) is 9.20. The van der Waals surface area contributed by atoms with Crippen LogP contribution in [0.1, 0.15) is 16.3 Å². The third-order valence-corrected chi connectivity index (χ3v) is 2.16. The van der Waals surface area contributed by atoms with Crippen molar-refractivity contribution in [2.75, 3.05) is 0 Å². The number of carboxylic acid groups (broad SMARTS) is 1. The molecule has 2 aromatic rings. The van der Waals surface area contributed by atoms with Crippen LogP contribution in [0.3, 0.4) is 0 Å². The number of carbonyl (C=O) groups is 2. The van der Waals surface area contributed by atoms with Crippen molar-refractivity contribution in [3.05, 3.63) is 29.8 Å². The number of hydrogen-bond acceptors (Lipinski definition) is 5. The van der Waals surface area contributed by atoms with Crippen LogP contribution in [0.4, 0.5) is 0 Å². The average Bonchev–Trinajstić information content (AvgIpc) is 2.95. The van der Waals surface area contributed by atoms with Crippen LogP contribution in [0.25, 0.3) is 0 Å². The second-order valence-electron chi connectivity index (χ2n) is 3.43. The molecule has 0 saturated heterocycles. The van der Waals surface area contributed by atoms with Crippen molar-refractivity contribution in [1.29, 1.82) is 0 Å². The molecule has 0 spiro atoms. The van der Waals surface area contributed by atoms with E-state index < -0.39 is 11.9 Å². The van der Waals surface area contributed by atoms with Gasteiger partial charge < -0.3 is 15.0 Å². The summed E-state index contributed by atoms with van der Waals surface area (Å²) < 4.78 is 1.34. The predicted octanol–water partition coefficient (Wildman–Crippen LogP) is -0.984. The molecule has 0 bridgehead atoms. The van der Waals surface area contributed by atoms with Gasteiger partial charge in [0.05, 0.1) is 6.54 Å². The lowest BCUT2D eigenvalue weighted by Gasteiger charge is -2.06. The van der Waals surface area contributed by atoms with Gasteiger partial charge in [0, 0.05) is 6.20 Å². The Morgan fingerprint density at radius 1 is 1.50 bits per heavy atom. The Bertz CT molecular complexity index is 546. The minimum absolute atomic E-state index is 0.119. The zero-order valence-electron chi connectivity index (χ0n) is 9.20. The van der Waals surface area contributed by atoms with Crippen LogP contribution in [-0.4, -0.2) is 42.2 Å². The SMILES string of the molecule is O=C(O)Cn1cccc1C(=O)NCc1nn[nH]n1. The number of H-pyrrole nitrogens is 1. The molecule has 0 fully saturated rings. The fraction of sp³-hybridized carbons (Fsp3) is 0.222. The molecule has 2 aromatic heterocycles. The summed E-state index contributed by atoms with van der Waals surface area (Å²) in [5.41, 5.74) is 0.265. The van der Waals surface area contributed by atoms with Crippen molar-refractivity contribution in [2.45, 2.75) is 13.1 Å². The van der Waals surface area contributed by atoms with Crippen molar-refractivity contribution in [2.24, 2.45) is 0 Å². The molecule has 9 heteroatoms. The number of carbonyl (C=O) groups excluding carboxylic acids is 1. The van der Waals surface area contributed by atoms with E-state index in [9.17, 15) is 9.59 Å². The summed E-state index contributed by atoms with van der Waals surface area (Å²) in [6.45, 7) is -0.147. The fourth-order valence-corrected chi connectivity index (χ4v) is 1.41. The quantitative estimate of drug-likeness (QED) is 0.625. The van der Waals surface area contributed by atoms with Crippen LogP contribution >= 0.6 is 0 Å². The molecule has 18 heavy (non-hydrogen) atoms. The van der Waals surface area contributed by atoms with Crippen molar-refractivity contribution in [3.8, 4) is 0 Å². The van der Waals surface area contributed by atoms with Crippen molar-refractivity contribution < 1.29 is 14.7 Å². The molecule has 0 aromatic carbocycles. The van der Waals surface area contributed by atoms with E-state index in [1.807, 2.05) is 0 Å². The number of carboxylic acids is 1. The van der Waals surface area contributed by atoms with Gasteiger partial charge in [0.25, 0.3) is 5.91 Å². The van der Waals surface area contributed by atoms with Gasteiger partial charge in [-0.2, -0.15) is 5.21 Å². The van der Waals surface area contributed by atoms with Gasteiger partial charge >= 0.3 is 5.97 Å². The number of nitrogens with zero attached hydrogens (tertiary/aromatic N) is 4. The summed E-state index contributed by atoms with van der Waals surface area (Å²) in [7, 11) is 0. The standard InChI is InChI=1S/C9H10N6O3/c16-8(17)5-15-3-1-2-6(15)9(18)10-4-7-11-13-14-12-7/h1-3H,4-5H2,(H,10,18)(H,16,17)(H,11,12,13,14). The number of aliphatic carboxylic acids is 1. The monoisotopic (exact) mass is 250 g/mol. The van der Waals surface area contributed by atoms with E-state index in [2.05, 4.69) is 25.9 Å². The Morgan fingerprint density at radius 2 is 2.33 bits per heavy atom. The molecule has 0 unspecified atom stereocenters. The van der Waals surface area contributed by atoms with E-state index in [1.54, 1.807) is 6.07 Å². The van der Waals surface area contributed by atoms with Gasteiger partial charge in [-0.05, 0) is 12.1 Å². The van der Waals surface area contributed by atoms with E-state index in [0.717, 1.165) is 0 Å². The highest BCUT2D eigenvalue weighted by molar-refractivity contribution is 5.93. The van der Waals surface area contributed by atoms with Crippen LogP contribution in [0.15, 0.2) is 18.3 Å². The molecule has 0 aliphatic carbocycles. The highest BCUT2D eigenvalue weighted by Crippen LogP contribution is 2.02. The Labute approximate surface area is 101 Å². The first-order valence-electron chi connectivity index (χ1n) is 5.04. The molecule has 0 atom stereocenters. The summed E-state index contributed by atoms with van der Waals surface area (Å²) in [6.07, 6.45) is 1.53. The molecule has 1 amide bonds. The van der Waals surface area contributed by atoms with Gasteiger partial charge in [-0.1, -0.05) is 5.21 Å². The van der Waals surface area contributed by atoms with Crippen molar-refractivity contribution in [1.82, 2.24) is 30.5 Å². The number of tetrazole rings is 1. The van der Waals surface area contributed by atoms with Crippen LogP contribution < -0.4 is 5.32 Å². The number of amides is 1. The van der Waals surface area contributed by atoms with Gasteiger partial charge in [0.15, 0.2) is 5.82 Å². The molecule has 0 saturated carbocycles. The maximum Gasteiger partial charge on any atom is 0.323 e. The first-order valence-corrected chi connectivity index (χ1v) is 5.04. The second-order valence-corrected chi connectivity index (χ2v) is 3.43. The van der Waals surface area contributed by atoms with Crippen LogP contribution in [0, 0.1) is 0 Å². The van der Waals surface area contributed by atoms with E-state index in [0.29, 0.717) is 5.82 Å². The number of rotatable bonds is 5. The lowest BCUT2D eigenvalue weighted by molar-refractivity contribution is -0.137. The number of aromatic nitrogens is 5.